The van der Waals surface area contributed by atoms with Crippen molar-refractivity contribution >= 4 is 44.7 Å². The van der Waals surface area contributed by atoms with Gasteiger partial charge in [0.15, 0.2) is 0 Å². The first kappa shape index (κ1) is 28.9. The Morgan fingerprint density at radius 2 is 1.97 bits per heavy atom. The highest BCUT2D eigenvalue weighted by Gasteiger charge is 2.33. The Morgan fingerprint density at radius 3 is 2.65 bits per heavy atom. The highest BCUT2D eigenvalue weighted by Crippen LogP contribution is 2.41. The van der Waals surface area contributed by atoms with Gasteiger partial charge in [-0.05, 0) is 44.5 Å². The van der Waals surface area contributed by atoms with Gasteiger partial charge in [-0.1, -0.05) is 18.5 Å². The number of fused-ring (bicyclic) bond motifs is 1. The van der Waals surface area contributed by atoms with Crippen LogP contribution in [0.5, 0.6) is 17.2 Å². The van der Waals surface area contributed by atoms with E-state index >= 15 is 0 Å². The number of benzene rings is 2. The average Bonchev–Trinajstić information content (AvgIpc) is 2.86. The lowest BCUT2D eigenvalue weighted by Gasteiger charge is -2.32. The summed E-state index contributed by atoms with van der Waals surface area (Å²) in [6, 6.07) is 7.30. The third kappa shape index (κ3) is 7.01. The maximum absolute atomic E-state index is 13.1. The zero-order valence-corrected chi connectivity index (χ0v) is 23.3. The van der Waals surface area contributed by atoms with Crippen LogP contribution in [0.3, 0.4) is 0 Å². The van der Waals surface area contributed by atoms with Gasteiger partial charge in [-0.3, -0.25) is 14.3 Å². The molecular weight excluding hydrogens is 542 g/mol. The molecule has 3 rings (SSSR count). The smallest absolute Gasteiger partial charge is 0.307 e. The Labute approximate surface area is 225 Å². The number of hydrogen-bond acceptors (Lipinski definition) is 9. The summed E-state index contributed by atoms with van der Waals surface area (Å²) in [4.78, 5) is 25.0. The molecule has 0 spiro atoms. The number of amides is 2. The Bertz CT molecular complexity index is 1260. The van der Waals surface area contributed by atoms with Gasteiger partial charge in [-0.15, -0.1) is 0 Å². The zero-order valence-electron chi connectivity index (χ0n) is 20.9. The van der Waals surface area contributed by atoms with Crippen molar-refractivity contribution in [3.8, 4) is 17.2 Å². The zero-order chi connectivity index (χ0) is 27.2. The summed E-state index contributed by atoms with van der Waals surface area (Å²) in [7, 11) is -2.80. The van der Waals surface area contributed by atoms with Gasteiger partial charge in [-0.2, -0.15) is 0 Å². The first-order chi connectivity index (χ1) is 17.6. The number of rotatable bonds is 10. The molecule has 1 heterocycles. The van der Waals surface area contributed by atoms with E-state index in [9.17, 15) is 18.0 Å². The van der Waals surface area contributed by atoms with Crippen LogP contribution in [-0.4, -0.2) is 52.5 Å². The third-order valence-corrected chi connectivity index (χ3v) is 8.08. The number of hydrogen-bond donors (Lipinski definition) is 3. The summed E-state index contributed by atoms with van der Waals surface area (Å²) in [5.41, 5.74) is 0.859. The first-order valence-corrected chi connectivity index (χ1v) is 14.3. The molecule has 37 heavy (non-hydrogen) atoms. The predicted molar refractivity (Wildman–Crippen MR) is 142 cm³/mol. The van der Waals surface area contributed by atoms with Crippen LogP contribution in [0.2, 0.25) is 5.02 Å². The minimum atomic E-state index is -4.26. The molecular formula is C24H30ClN3O7S2. The normalized spacial score (nSPS) is 15.6. The van der Waals surface area contributed by atoms with Crippen molar-refractivity contribution in [1.29, 1.82) is 0 Å². The van der Waals surface area contributed by atoms with Crippen LogP contribution in [0, 0.1) is 0 Å². The second-order valence-corrected chi connectivity index (χ2v) is 11.1. The van der Waals surface area contributed by atoms with Gasteiger partial charge in [0, 0.05) is 47.1 Å². The molecule has 0 bridgehead atoms. The minimum absolute atomic E-state index is 0.0657. The molecule has 2 aromatic rings. The van der Waals surface area contributed by atoms with Crippen LogP contribution in [0.1, 0.15) is 49.0 Å². The Hall–Kier alpha value is -2.67. The van der Waals surface area contributed by atoms with Gasteiger partial charge >= 0.3 is 5.24 Å². The van der Waals surface area contributed by atoms with E-state index in [0.29, 0.717) is 53.6 Å². The largest absolute Gasteiger partial charge is 0.496 e. The Balaban J connectivity index is 1.94. The molecule has 10 nitrogen and oxygen atoms in total. The van der Waals surface area contributed by atoms with Crippen molar-refractivity contribution in [3.05, 3.63) is 46.5 Å². The van der Waals surface area contributed by atoms with Gasteiger partial charge in [0.05, 0.1) is 25.9 Å². The summed E-state index contributed by atoms with van der Waals surface area (Å²) in [6.45, 7) is 6.39. The Morgan fingerprint density at radius 1 is 1.22 bits per heavy atom. The molecule has 2 atom stereocenters. The minimum Gasteiger partial charge on any atom is -0.496 e. The number of halogens is 1. The Kier molecular flexibility index (Phi) is 9.93. The van der Waals surface area contributed by atoms with E-state index in [1.165, 1.54) is 25.3 Å². The molecule has 2 amide bonds. The van der Waals surface area contributed by atoms with Gasteiger partial charge in [0.1, 0.15) is 22.1 Å². The van der Waals surface area contributed by atoms with Crippen molar-refractivity contribution in [2.24, 2.45) is 0 Å². The summed E-state index contributed by atoms with van der Waals surface area (Å²) >= 11 is 6.73. The topological polar surface area (TPSA) is 132 Å². The average molecular weight is 572 g/mol. The predicted octanol–water partition coefficient (Wildman–Crippen LogP) is 4.09. The summed E-state index contributed by atoms with van der Waals surface area (Å²) in [6.07, 6.45) is 0.525. The third-order valence-electron chi connectivity index (χ3n) is 5.65. The van der Waals surface area contributed by atoms with Crippen molar-refractivity contribution in [2.45, 2.75) is 44.0 Å². The monoisotopic (exact) mass is 571 g/mol. The SMILES string of the molecule is CCNSC(=O)NS(=O)(=O)c1cc2c(cc1OCC)OCCC2C(C)NC(=O)c1cc(Cl)ccc1OC. The number of ether oxygens (including phenoxy) is 3. The fourth-order valence-electron chi connectivity index (χ4n) is 3.99. The van der Waals surface area contributed by atoms with E-state index in [0.717, 1.165) is 0 Å². The molecule has 0 aliphatic carbocycles. The van der Waals surface area contributed by atoms with Crippen molar-refractivity contribution in [3.63, 3.8) is 0 Å². The summed E-state index contributed by atoms with van der Waals surface area (Å²) < 4.78 is 47.7. The van der Waals surface area contributed by atoms with E-state index < -0.39 is 21.3 Å². The van der Waals surface area contributed by atoms with Crippen molar-refractivity contribution in [1.82, 2.24) is 14.8 Å². The highest BCUT2D eigenvalue weighted by molar-refractivity contribution is 8.13. The fraction of sp³-hybridized carbons (Fsp3) is 0.417. The molecule has 13 heteroatoms. The number of nitrogens with one attached hydrogen (secondary N) is 3. The van der Waals surface area contributed by atoms with Gasteiger partial charge in [0.2, 0.25) is 0 Å². The lowest BCUT2D eigenvalue weighted by Crippen LogP contribution is -2.39. The van der Waals surface area contributed by atoms with Crippen LogP contribution in [-0.2, 0) is 10.0 Å². The summed E-state index contributed by atoms with van der Waals surface area (Å²) in [5.74, 6) is 0.229. The standard InChI is InChI=1S/C24H30ClN3O7S2/c1-5-26-36-24(30)28-37(31,32)22-12-17-16(9-10-35-20(17)13-21(22)34-6-2)14(3)27-23(29)18-11-15(25)7-8-19(18)33-4/h7-8,11-14,16,26H,5-6,9-10H2,1-4H3,(H,27,29)(H,28,30). The van der Waals surface area contributed by atoms with Gasteiger partial charge in [-0.25, -0.2) is 13.1 Å². The molecule has 202 valence electrons. The number of carbonyl (C=O) groups is 2. The highest BCUT2D eigenvalue weighted by atomic mass is 35.5. The van der Waals surface area contributed by atoms with Crippen molar-refractivity contribution in [2.75, 3.05) is 26.9 Å². The van der Waals surface area contributed by atoms with Crippen LogP contribution in [0.4, 0.5) is 4.79 Å². The molecule has 1 aliphatic rings. The molecule has 2 aromatic carbocycles. The van der Waals surface area contributed by atoms with Gasteiger partial charge in [0.25, 0.3) is 15.9 Å². The van der Waals surface area contributed by atoms with Crippen LogP contribution in [0.15, 0.2) is 35.2 Å². The summed E-state index contributed by atoms with van der Waals surface area (Å²) in [5, 5.41) is 2.59. The fourth-order valence-corrected chi connectivity index (χ4v) is 5.92. The first-order valence-electron chi connectivity index (χ1n) is 11.7. The van der Waals surface area contributed by atoms with E-state index in [-0.39, 0.29) is 34.6 Å². The lowest BCUT2D eigenvalue weighted by molar-refractivity contribution is 0.0926. The maximum atomic E-state index is 13.1. The molecule has 2 unspecified atom stereocenters. The van der Waals surface area contributed by atoms with E-state index in [2.05, 4.69) is 10.0 Å². The maximum Gasteiger partial charge on any atom is 0.307 e. The number of carbonyl (C=O) groups excluding carboxylic acids is 2. The second-order valence-electron chi connectivity index (χ2n) is 8.11. The van der Waals surface area contributed by atoms with Crippen LogP contribution >= 0.6 is 23.5 Å². The van der Waals surface area contributed by atoms with Gasteiger partial charge < -0.3 is 19.5 Å². The molecule has 0 saturated carbocycles. The molecule has 0 aromatic heterocycles. The quantitative estimate of drug-likeness (QED) is 0.361. The van der Waals surface area contributed by atoms with Crippen LogP contribution < -0.4 is 29.0 Å². The number of sulfonamides is 1. The molecule has 0 fully saturated rings. The molecule has 3 N–H and O–H groups in total. The molecule has 1 aliphatic heterocycles. The molecule has 0 radical (unpaired) electrons. The molecule has 0 saturated heterocycles. The second kappa shape index (κ2) is 12.7. The van der Waals surface area contributed by atoms with E-state index in [4.69, 9.17) is 25.8 Å². The van der Waals surface area contributed by atoms with Crippen molar-refractivity contribution < 1.29 is 32.2 Å². The van der Waals surface area contributed by atoms with E-state index in [1.807, 2.05) is 11.6 Å². The lowest BCUT2D eigenvalue weighted by atomic mass is 9.87. The van der Waals surface area contributed by atoms with Crippen LogP contribution in [0.25, 0.3) is 0 Å². The van der Waals surface area contributed by atoms with E-state index in [1.54, 1.807) is 26.0 Å². The number of methoxy groups -OCH3 is 1.